The largest absolute Gasteiger partial charge is 0.467 e. The van der Waals surface area contributed by atoms with Crippen LogP contribution in [0.4, 0.5) is 5.13 Å². The van der Waals surface area contributed by atoms with Crippen LogP contribution in [0.3, 0.4) is 0 Å². The van der Waals surface area contributed by atoms with Gasteiger partial charge in [-0.15, -0.1) is 6.58 Å². The number of anilines is 1. The first-order chi connectivity index (χ1) is 14.7. The molecular weight excluding hydrogens is 422 g/mol. The summed E-state index contributed by atoms with van der Waals surface area (Å²) in [4.78, 5) is 36.7. The van der Waals surface area contributed by atoms with Gasteiger partial charge in [0.2, 0.25) is 5.91 Å². The van der Waals surface area contributed by atoms with E-state index in [4.69, 9.17) is 4.42 Å². The van der Waals surface area contributed by atoms with Crippen molar-refractivity contribution in [3.05, 3.63) is 47.2 Å². The lowest BCUT2D eigenvalue weighted by molar-refractivity contribution is -0.118. The predicted molar refractivity (Wildman–Crippen MR) is 119 cm³/mol. The molecule has 4 heterocycles. The summed E-state index contributed by atoms with van der Waals surface area (Å²) >= 11 is 2.61. The van der Waals surface area contributed by atoms with Crippen molar-refractivity contribution < 1.29 is 9.21 Å². The maximum Gasteiger partial charge on any atom is 0.274 e. The molecule has 158 valence electrons. The van der Waals surface area contributed by atoms with E-state index in [9.17, 15) is 9.59 Å². The van der Waals surface area contributed by atoms with E-state index in [1.165, 1.54) is 29.5 Å². The van der Waals surface area contributed by atoms with Crippen LogP contribution in [0.1, 0.15) is 25.0 Å². The molecule has 3 aromatic rings. The molecule has 8 nitrogen and oxygen atoms in total. The second kappa shape index (κ2) is 9.48. The molecule has 0 radical (unpaired) electrons. The molecule has 1 aliphatic rings. The van der Waals surface area contributed by atoms with Crippen molar-refractivity contribution in [3.8, 4) is 0 Å². The van der Waals surface area contributed by atoms with Gasteiger partial charge in [-0.25, -0.2) is 4.98 Å². The van der Waals surface area contributed by atoms with Crippen LogP contribution in [0.15, 0.2) is 45.4 Å². The van der Waals surface area contributed by atoms with Gasteiger partial charge in [0.05, 0.1) is 18.6 Å². The standard InChI is InChI=1S/C20H23N5O3S2/c1-2-8-25-18(27)16-17(22-19(30-16)24-9-4-3-5-10-24)23-20(25)29-13-15(26)21-12-14-7-6-11-28-14/h2,6-7,11H,1,3-5,8-10,12-13H2,(H,21,26). The normalized spacial score (nSPS) is 14.2. The Balaban J connectivity index is 1.53. The minimum atomic E-state index is -0.164. The number of rotatable bonds is 8. The highest BCUT2D eigenvalue weighted by molar-refractivity contribution is 7.99. The molecule has 0 atom stereocenters. The van der Waals surface area contributed by atoms with Crippen molar-refractivity contribution in [1.82, 2.24) is 19.9 Å². The van der Waals surface area contributed by atoms with Gasteiger partial charge < -0.3 is 14.6 Å². The number of hydrogen-bond donors (Lipinski definition) is 1. The third-order valence-corrected chi connectivity index (χ3v) is 6.85. The number of nitrogens with zero attached hydrogens (tertiary/aromatic N) is 4. The third kappa shape index (κ3) is 4.59. The first-order valence-corrected chi connectivity index (χ1v) is 11.6. The van der Waals surface area contributed by atoms with Crippen LogP contribution >= 0.6 is 23.1 Å². The Kier molecular flexibility index (Phi) is 6.53. The quantitative estimate of drug-likeness (QED) is 0.324. The molecule has 0 aromatic carbocycles. The number of allylic oxidation sites excluding steroid dienone is 1. The number of nitrogens with one attached hydrogen (secondary N) is 1. The lowest BCUT2D eigenvalue weighted by atomic mass is 10.1. The predicted octanol–water partition coefficient (Wildman–Crippen LogP) is 3.03. The minimum absolute atomic E-state index is 0.138. The Morgan fingerprint density at radius 3 is 2.90 bits per heavy atom. The number of hydrogen-bond acceptors (Lipinski definition) is 8. The topological polar surface area (TPSA) is 93.3 Å². The van der Waals surface area contributed by atoms with Gasteiger partial charge >= 0.3 is 0 Å². The summed E-state index contributed by atoms with van der Waals surface area (Å²) in [5.74, 6) is 0.659. The Morgan fingerprint density at radius 1 is 1.33 bits per heavy atom. The molecule has 0 aliphatic carbocycles. The van der Waals surface area contributed by atoms with Gasteiger partial charge in [-0.3, -0.25) is 14.2 Å². The molecule has 3 aromatic heterocycles. The number of aromatic nitrogens is 3. The average Bonchev–Trinajstić information content (AvgIpc) is 3.44. The van der Waals surface area contributed by atoms with Gasteiger partial charge in [0.1, 0.15) is 10.5 Å². The molecular formula is C20H23N5O3S2. The monoisotopic (exact) mass is 445 g/mol. The lowest BCUT2D eigenvalue weighted by Gasteiger charge is -2.25. The minimum Gasteiger partial charge on any atom is -0.467 e. The van der Waals surface area contributed by atoms with E-state index in [1.807, 2.05) is 0 Å². The molecule has 0 bridgehead atoms. The number of furan rings is 1. The molecule has 0 unspecified atom stereocenters. The van der Waals surface area contributed by atoms with Crippen LogP contribution in [-0.4, -0.2) is 39.3 Å². The highest BCUT2D eigenvalue weighted by Crippen LogP contribution is 2.29. The molecule has 1 amide bonds. The Bertz CT molecular complexity index is 1080. The van der Waals surface area contributed by atoms with E-state index in [1.54, 1.807) is 29.0 Å². The lowest BCUT2D eigenvalue weighted by Crippen LogP contribution is -2.29. The molecule has 1 N–H and O–H groups in total. The highest BCUT2D eigenvalue weighted by atomic mass is 32.2. The zero-order chi connectivity index (χ0) is 20.9. The van der Waals surface area contributed by atoms with E-state index >= 15 is 0 Å². The zero-order valence-electron chi connectivity index (χ0n) is 16.5. The van der Waals surface area contributed by atoms with Crippen LogP contribution in [0, 0.1) is 0 Å². The maximum atomic E-state index is 13.1. The highest BCUT2D eigenvalue weighted by Gasteiger charge is 2.20. The maximum absolute atomic E-state index is 13.1. The number of fused-ring (bicyclic) bond motifs is 1. The Hall–Kier alpha value is -2.59. The molecule has 30 heavy (non-hydrogen) atoms. The Morgan fingerprint density at radius 2 is 2.17 bits per heavy atom. The van der Waals surface area contributed by atoms with Crippen molar-refractivity contribution in [2.45, 2.75) is 37.5 Å². The number of thioether (sulfide) groups is 1. The second-order valence-corrected chi connectivity index (χ2v) is 8.86. The van der Waals surface area contributed by atoms with Crippen molar-refractivity contribution >= 4 is 44.5 Å². The summed E-state index contributed by atoms with van der Waals surface area (Å²) in [6.45, 7) is 6.31. The molecule has 4 rings (SSSR count). The van der Waals surface area contributed by atoms with Crippen LogP contribution in [0.25, 0.3) is 10.3 Å². The van der Waals surface area contributed by atoms with Crippen LogP contribution < -0.4 is 15.8 Å². The fourth-order valence-electron chi connectivity index (χ4n) is 3.28. The van der Waals surface area contributed by atoms with Crippen LogP contribution in [0.2, 0.25) is 0 Å². The molecule has 1 saturated heterocycles. The SMILES string of the molecule is C=CCn1c(SCC(=O)NCc2ccco2)nc2nc(N3CCCCC3)sc2c1=O. The zero-order valence-corrected chi connectivity index (χ0v) is 18.1. The summed E-state index contributed by atoms with van der Waals surface area (Å²) in [7, 11) is 0. The van der Waals surface area contributed by atoms with Gasteiger partial charge in [-0.05, 0) is 31.4 Å². The van der Waals surface area contributed by atoms with E-state index in [2.05, 4.69) is 26.8 Å². The number of carbonyl (C=O) groups excluding carboxylic acids is 1. The van der Waals surface area contributed by atoms with Gasteiger partial charge in [-0.2, -0.15) is 4.98 Å². The number of carbonyl (C=O) groups is 1. The van der Waals surface area contributed by atoms with E-state index in [0.717, 1.165) is 31.1 Å². The first kappa shape index (κ1) is 20.7. The van der Waals surface area contributed by atoms with Gasteiger partial charge in [-0.1, -0.05) is 29.2 Å². The summed E-state index contributed by atoms with van der Waals surface area (Å²) in [6, 6.07) is 3.57. The van der Waals surface area contributed by atoms with E-state index in [0.29, 0.717) is 34.4 Å². The van der Waals surface area contributed by atoms with Crippen molar-refractivity contribution in [1.29, 1.82) is 0 Å². The summed E-state index contributed by atoms with van der Waals surface area (Å²) in [5, 5.41) is 4.11. The molecule has 0 spiro atoms. The van der Waals surface area contributed by atoms with Crippen molar-refractivity contribution in [3.63, 3.8) is 0 Å². The first-order valence-electron chi connectivity index (χ1n) is 9.85. The van der Waals surface area contributed by atoms with Gasteiger partial charge in [0, 0.05) is 19.6 Å². The van der Waals surface area contributed by atoms with Gasteiger partial charge in [0.15, 0.2) is 15.9 Å². The molecule has 1 aliphatic heterocycles. The summed E-state index contributed by atoms with van der Waals surface area (Å²) in [5.41, 5.74) is 0.309. The number of piperidine rings is 1. The average molecular weight is 446 g/mol. The van der Waals surface area contributed by atoms with Gasteiger partial charge in [0.25, 0.3) is 5.56 Å². The Labute approximate surface area is 182 Å². The van der Waals surface area contributed by atoms with E-state index < -0.39 is 0 Å². The van der Waals surface area contributed by atoms with Crippen molar-refractivity contribution in [2.75, 3.05) is 23.7 Å². The smallest absolute Gasteiger partial charge is 0.274 e. The molecule has 1 fully saturated rings. The summed E-state index contributed by atoms with van der Waals surface area (Å²) < 4.78 is 7.31. The fourth-order valence-corrected chi connectivity index (χ4v) is 5.11. The molecule has 10 heteroatoms. The molecule has 0 saturated carbocycles. The van der Waals surface area contributed by atoms with Crippen molar-refractivity contribution in [2.24, 2.45) is 0 Å². The third-order valence-electron chi connectivity index (χ3n) is 4.78. The second-order valence-electron chi connectivity index (χ2n) is 6.94. The van der Waals surface area contributed by atoms with Crippen LogP contribution in [0.5, 0.6) is 0 Å². The van der Waals surface area contributed by atoms with Crippen LogP contribution in [-0.2, 0) is 17.9 Å². The number of thiazole rings is 1. The fraction of sp³-hybridized carbons (Fsp3) is 0.400. The summed E-state index contributed by atoms with van der Waals surface area (Å²) in [6.07, 6.45) is 6.73. The van der Waals surface area contributed by atoms with E-state index in [-0.39, 0.29) is 17.2 Å². The number of amides is 1.